The van der Waals surface area contributed by atoms with Crippen LogP contribution in [0.5, 0.6) is 5.75 Å². The fourth-order valence-corrected chi connectivity index (χ4v) is 2.66. The number of hydrogen-bond donors (Lipinski definition) is 1. The van der Waals surface area contributed by atoms with Gasteiger partial charge in [0.05, 0.1) is 19.3 Å². The number of imidazole rings is 1. The van der Waals surface area contributed by atoms with Crippen LogP contribution < -0.4 is 15.6 Å². The molecule has 0 atom stereocenters. The van der Waals surface area contributed by atoms with Crippen molar-refractivity contribution in [2.24, 2.45) is 0 Å². The molecular formula is C18H15N5O3. The molecule has 0 aliphatic heterocycles. The van der Waals surface area contributed by atoms with Crippen LogP contribution in [-0.4, -0.2) is 31.8 Å². The Hall–Kier alpha value is -3.68. The summed E-state index contributed by atoms with van der Waals surface area (Å²) in [6.07, 6.45) is 5.26. The second kappa shape index (κ2) is 6.32. The van der Waals surface area contributed by atoms with Gasteiger partial charge in [-0.2, -0.15) is 0 Å². The summed E-state index contributed by atoms with van der Waals surface area (Å²) in [6.45, 7) is 0.221. The van der Waals surface area contributed by atoms with Crippen LogP contribution in [0.15, 0.2) is 59.8 Å². The van der Waals surface area contributed by atoms with Gasteiger partial charge in [0.15, 0.2) is 0 Å². The molecule has 4 rings (SSSR count). The number of pyridine rings is 2. The number of ether oxygens (including phenoxy) is 1. The lowest BCUT2D eigenvalue weighted by atomic mass is 10.3. The fraction of sp³-hybridized carbons (Fsp3) is 0.111. The Morgan fingerprint density at radius 1 is 1.15 bits per heavy atom. The zero-order valence-electron chi connectivity index (χ0n) is 13.9. The van der Waals surface area contributed by atoms with Gasteiger partial charge in [-0.05, 0) is 18.2 Å². The molecule has 0 fully saturated rings. The largest absolute Gasteiger partial charge is 0.497 e. The molecule has 130 valence electrons. The number of carbonyl (C=O) groups excluding carboxylic acids is 1. The first-order valence-electron chi connectivity index (χ1n) is 7.92. The van der Waals surface area contributed by atoms with Crippen LogP contribution in [0.1, 0.15) is 16.2 Å². The van der Waals surface area contributed by atoms with Gasteiger partial charge in [-0.15, -0.1) is 0 Å². The summed E-state index contributed by atoms with van der Waals surface area (Å²) in [5, 5.41) is 2.74. The van der Waals surface area contributed by atoms with Crippen molar-refractivity contribution in [2.45, 2.75) is 6.54 Å². The number of nitrogens with one attached hydrogen (secondary N) is 1. The van der Waals surface area contributed by atoms with Crippen molar-refractivity contribution in [1.82, 2.24) is 24.1 Å². The number of amides is 1. The molecule has 4 aromatic heterocycles. The first kappa shape index (κ1) is 15.8. The summed E-state index contributed by atoms with van der Waals surface area (Å²) in [6, 6.07) is 10.0. The Balaban J connectivity index is 1.54. The maximum Gasteiger partial charge on any atom is 0.270 e. The maximum atomic E-state index is 12.4. The summed E-state index contributed by atoms with van der Waals surface area (Å²) in [5.74, 6) is 0.280. The predicted octanol–water partition coefficient (Wildman–Crippen LogP) is 1.28. The Morgan fingerprint density at radius 2 is 2.04 bits per heavy atom. The normalized spacial score (nSPS) is 11.0. The quantitative estimate of drug-likeness (QED) is 0.599. The molecule has 8 heteroatoms. The Morgan fingerprint density at radius 3 is 2.88 bits per heavy atom. The highest BCUT2D eigenvalue weighted by Gasteiger charge is 2.11. The molecule has 1 N–H and O–H groups in total. The zero-order valence-corrected chi connectivity index (χ0v) is 13.9. The molecule has 0 radical (unpaired) electrons. The summed E-state index contributed by atoms with van der Waals surface area (Å²) < 4.78 is 8.39. The third-order valence-electron chi connectivity index (χ3n) is 3.95. The van der Waals surface area contributed by atoms with Crippen LogP contribution in [0.4, 0.5) is 0 Å². The van der Waals surface area contributed by atoms with Crippen LogP contribution >= 0.6 is 0 Å². The first-order valence-corrected chi connectivity index (χ1v) is 7.92. The molecule has 0 aliphatic carbocycles. The van der Waals surface area contributed by atoms with Crippen molar-refractivity contribution >= 4 is 17.2 Å². The van der Waals surface area contributed by atoms with E-state index in [4.69, 9.17) is 4.74 Å². The highest BCUT2D eigenvalue weighted by Crippen LogP contribution is 2.14. The van der Waals surface area contributed by atoms with Crippen molar-refractivity contribution in [2.75, 3.05) is 7.11 Å². The topological polar surface area (TPSA) is 90.0 Å². The molecule has 0 spiro atoms. The third kappa shape index (κ3) is 2.88. The van der Waals surface area contributed by atoms with Crippen LogP contribution in [0.25, 0.3) is 11.3 Å². The SMILES string of the molecule is COc1ccn2cc(CNC(=O)c3cc(=O)n4ccccc4n3)nc2c1. The maximum absolute atomic E-state index is 12.4. The number of rotatable bonds is 4. The molecular weight excluding hydrogens is 334 g/mol. The summed E-state index contributed by atoms with van der Waals surface area (Å²) in [4.78, 5) is 33.1. The molecule has 0 bridgehead atoms. The molecule has 4 heterocycles. The lowest BCUT2D eigenvalue weighted by Crippen LogP contribution is -2.27. The molecule has 0 aliphatic rings. The fourth-order valence-electron chi connectivity index (χ4n) is 2.66. The summed E-state index contributed by atoms with van der Waals surface area (Å²) in [7, 11) is 1.59. The number of fused-ring (bicyclic) bond motifs is 2. The smallest absolute Gasteiger partial charge is 0.270 e. The van der Waals surface area contributed by atoms with E-state index in [1.807, 2.05) is 22.9 Å². The summed E-state index contributed by atoms with van der Waals surface area (Å²) in [5.41, 5.74) is 1.59. The van der Waals surface area contributed by atoms with Crippen molar-refractivity contribution in [1.29, 1.82) is 0 Å². The van der Waals surface area contributed by atoms with E-state index < -0.39 is 5.91 Å². The number of methoxy groups -OCH3 is 1. The average molecular weight is 349 g/mol. The molecule has 0 aromatic carbocycles. The number of carbonyl (C=O) groups is 1. The van der Waals surface area contributed by atoms with Gasteiger partial charge < -0.3 is 14.5 Å². The lowest BCUT2D eigenvalue weighted by molar-refractivity contribution is 0.0945. The van der Waals surface area contributed by atoms with E-state index in [-0.39, 0.29) is 17.8 Å². The molecule has 0 saturated carbocycles. The Kier molecular flexibility index (Phi) is 3.85. The first-order chi connectivity index (χ1) is 12.6. The van der Waals surface area contributed by atoms with E-state index in [2.05, 4.69) is 15.3 Å². The lowest BCUT2D eigenvalue weighted by Gasteiger charge is -2.04. The van der Waals surface area contributed by atoms with Crippen LogP contribution in [0, 0.1) is 0 Å². The number of aromatic nitrogens is 4. The van der Waals surface area contributed by atoms with Gasteiger partial charge in [-0.3, -0.25) is 14.0 Å². The molecule has 26 heavy (non-hydrogen) atoms. The molecule has 0 saturated heterocycles. The van der Waals surface area contributed by atoms with E-state index in [1.54, 1.807) is 37.6 Å². The minimum absolute atomic E-state index is 0.0756. The van der Waals surface area contributed by atoms with E-state index in [9.17, 15) is 9.59 Å². The predicted molar refractivity (Wildman–Crippen MR) is 94.4 cm³/mol. The van der Waals surface area contributed by atoms with Gasteiger partial charge in [0.2, 0.25) is 0 Å². The van der Waals surface area contributed by atoms with E-state index in [0.29, 0.717) is 17.1 Å². The highest BCUT2D eigenvalue weighted by atomic mass is 16.5. The van der Waals surface area contributed by atoms with Crippen LogP contribution in [0.2, 0.25) is 0 Å². The van der Waals surface area contributed by atoms with Crippen molar-refractivity contribution < 1.29 is 9.53 Å². The Bertz CT molecular complexity index is 1180. The van der Waals surface area contributed by atoms with Gasteiger partial charge in [0, 0.05) is 30.7 Å². The van der Waals surface area contributed by atoms with Crippen LogP contribution in [0.3, 0.4) is 0 Å². The number of nitrogens with zero attached hydrogens (tertiary/aromatic N) is 4. The summed E-state index contributed by atoms with van der Waals surface area (Å²) >= 11 is 0. The second-order valence-corrected chi connectivity index (χ2v) is 5.66. The van der Waals surface area contributed by atoms with E-state index >= 15 is 0 Å². The molecule has 8 nitrogen and oxygen atoms in total. The minimum Gasteiger partial charge on any atom is -0.497 e. The van der Waals surface area contributed by atoms with Gasteiger partial charge >= 0.3 is 0 Å². The van der Waals surface area contributed by atoms with E-state index in [0.717, 1.165) is 5.65 Å². The minimum atomic E-state index is -0.428. The van der Waals surface area contributed by atoms with E-state index in [1.165, 1.54) is 10.5 Å². The number of hydrogen-bond acceptors (Lipinski definition) is 5. The highest BCUT2D eigenvalue weighted by molar-refractivity contribution is 5.92. The average Bonchev–Trinajstić information content (AvgIpc) is 3.08. The second-order valence-electron chi connectivity index (χ2n) is 5.66. The van der Waals surface area contributed by atoms with Crippen molar-refractivity contribution in [3.05, 3.63) is 76.7 Å². The molecule has 4 aromatic rings. The van der Waals surface area contributed by atoms with Gasteiger partial charge in [-0.1, -0.05) is 6.07 Å². The molecule has 1 amide bonds. The van der Waals surface area contributed by atoms with Crippen molar-refractivity contribution in [3.8, 4) is 5.75 Å². The Labute approximate surface area is 147 Å². The monoisotopic (exact) mass is 349 g/mol. The third-order valence-corrected chi connectivity index (χ3v) is 3.95. The van der Waals surface area contributed by atoms with Gasteiger partial charge in [0.25, 0.3) is 11.5 Å². The van der Waals surface area contributed by atoms with Gasteiger partial charge in [0.1, 0.15) is 22.7 Å². The van der Waals surface area contributed by atoms with Crippen molar-refractivity contribution in [3.63, 3.8) is 0 Å². The zero-order chi connectivity index (χ0) is 18.1. The standard InChI is InChI=1S/C18H15N5O3/c1-26-13-5-7-22-11-12(20-16(22)8-13)10-19-18(25)14-9-17(24)23-6-3-2-4-15(23)21-14/h2-9,11H,10H2,1H3,(H,19,25). The van der Waals surface area contributed by atoms with Crippen LogP contribution in [-0.2, 0) is 6.54 Å². The molecule has 0 unspecified atom stereocenters. The van der Waals surface area contributed by atoms with Gasteiger partial charge in [-0.25, -0.2) is 9.97 Å².